The van der Waals surface area contributed by atoms with Gasteiger partial charge in [-0.1, -0.05) is 28.9 Å². The van der Waals surface area contributed by atoms with Crippen LogP contribution in [0.2, 0.25) is 5.02 Å². The number of carbonyl (C=O) groups is 2. The van der Waals surface area contributed by atoms with Gasteiger partial charge in [-0.05, 0) is 17.7 Å². The zero-order chi connectivity index (χ0) is 14.7. The minimum absolute atomic E-state index is 0.0187. The van der Waals surface area contributed by atoms with Crippen LogP contribution < -0.4 is 0 Å². The van der Waals surface area contributed by atoms with Crippen molar-refractivity contribution in [2.75, 3.05) is 14.2 Å². The van der Waals surface area contributed by atoms with Gasteiger partial charge in [-0.2, -0.15) is 0 Å². The van der Waals surface area contributed by atoms with Gasteiger partial charge in [0.05, 0.1) is 20.1 Å². The van der Waals surface area contributed by atoms with Crippen molar-refractivity contribution in [3.8, 4) is 0 Å². The SMILES string of the molecule is COC(=O)C1=NOC(C(=O)OC)C1c1ccc(Cl)cc1. The number of esters is 2. The van der Waals surface area contributed by atoms with Gasteiger partial charge in [0.1, 0.15) is 0 Å². The topological polar surface area (TPSA) is 74.2 Å². The molecule has 0 aliphatic carbocycles. The van der Waals surface area contributed by atoms with Gasteiger partial charge in [0.2, 0.25) is 6.10 Å². The van der Waals surface area contributed by atoms with Crippen molar-refractivity contribution in [1.29, 1.82) is 0 Å². The Morgan fingerprint density at radius 3 is 2.40 bits per heavy atom. The van der Waals surface area contributed by atoms with E-state index in [1.54, 1.807) is 24.3 Å². The molecule has 0 N–H and O–H groups in total. The van der Waals surface area contributed by atoms with Gasteiger partial charge < -0.3 is 14.3 Å². The lowest BCUT2D eigenvalue weighted by molar-refractivity contribution is -0.153. The van der Waals surface area contributed by atoms with E-state index in [2.05, 4.69) is 14.6 Å². The van der Waals surface area contributed by atoms with Crippen LogP contribution >= 0.6 is 11.6 Å². The fraction of sp³-hybridized carbons (Fsp3) is 0.308. The fourth-order valence-corrected chi connectivity index (χ4v) is 2.07. The lowest BCUT2D eigenvalue weighted by Gasteiger charge is -2.16. The van der Waals surface area contributed by atoms with Gasteiger partial charge in [-0.3, -0.25) is 0 Å². The second-order valence-electron chi connectivity index (χ2n) is 4.05. The van der Waals surface area contributed by atoms with E-state index < -0.39 is 24.0 Å². The van der Waals surface area contributed by atoms with Crippen LogP contribution in [0, 0.1) is 0 Å². The molecular weight excluding hydrogens is 286 g/mol. The van der Waals surface area contributed by atoms with E-state index in [1.807, 2.05) is 0 Å². The van der Waals surface area contributed by atoms with Crippen molar-refractivity contribution in [2.24, 2.45) is 5.16 Å². The van der Waals surface area contributed by atoms with E-state index in [0.717, 1.165) is 0 Å². The monoisotopic (exact) mass is 297 g/mol. The van der Waals surface area contributed by atoms with E-state index in [0.29, 0.717) is 10.6 Å². The number of rotatable bonds is 3. The highest BCUT2D eigenvalue weighted by molar-refractivity contribution is 6.39. The lowest BCUT2D eigenvalue weighted by Crippen LogP contribution is -2.33. The molecule has 0 bridgehead atoms. The molecule has 1 aromatic rings. The van der Waals surface area contributed by atoms with Gasteiger partial charge in [0, 0.05) is 5.02 Å². The molecule has 0 amide bonds. The van der Waals surface area contributed by atoms with Gasteiger partial charge in [-0.15, -0.1) is 0 Å². The van der Waals surface area contributed by atoms with E-state index >= 15 is 0 Å². The molecule has 20 heavy (non-hydrogen) atoms. The number of ether oxygens (including phenoxy) is 2. The standard InChI is InChI=1S/C13H12ClNO5/c1-18-12(16)10-9(7-3-5-8(14)6-4-7)11(20-15-10)13(17)19-2/h3-6,9,11H,1-2H3. The minimum atomic E-state index is -1.02. The molecule has 0 spiro atoms. The summed E-state index contributed by atoms with van der Waals surface area (Å²) >= 11 is 5.83. The summed E-state index contributed by atoms with van der Waals surface area (Å²) in [5.74, 6) is -1.96. The third kappa shape index (κ3) is 2.60. The number of methoxy groups -OCH3 is 2. The number of hydrogen-bond acceptors (Lipinski definition) is 6. The third-order valence-electron chi connectivity index (χ3n) is 2.92. The number of carbonyl (C=O) groups excluding carboxylic acids is 2. The number of halogens is 1. The van der Waals surface area contributed by atoms with Crippen molar-refractivity contribution in [3.63, 3.8) is 0 Å². The molecule has 0 radical (unpaired) electrons. The second-order valence-corrected chi connectivity index (χ2v) is 4.48. The molecule has 106 valence electrons. The van der Waals surface area contributed by atoms with Crippen LogP contribution in [0.25, 0.3) is 0 Å². The molecule has 0 saturated heterocycles. The van der Waals surface area contributed by atoms with E-state index in [1.165, 1.54) is 14.2 Å². The van der Waals surface area contributed by atoms with E-state index in [9.17, 15) is 9.59 Å². The summed E-state index contributed by atoms with van der Waals surface area (Å²) in [5, 5.41) is 4.19. The van der Waals surface area contributed by atoms with Crippen LogP contribution in [0.1, 0.15) is 11.5 Å². The maximum absolute atomic E-state index is 11.7. The first-order valence-corrected chi connectivity index (χ1v) is 6.11. The first-order chi connectivity index (χ1) is 9.58. The first-order valence-electron chi connectivity index (χ1n) is 5.73. The van der Waals surface area contributed by atoms with Crippen molar-refractivity contribution in [2.45, 2.75) is 12.0 Å². The summed E-state index contributed by atoms with van der Waals surface area (Å²) in [5.41, 5.74) is 0.677. The Kier molecular flexibility index (Phi) is 4.24. The van der Waals surface area contributed by atoms with E-state index in [4.69, 9.17) is 16.4 Å². The van der Waals surface area contributed by atoms with Crippen LogP contribution in [0.4, 0.5) is 0 Å². The number of nitrogens with zero attached hydrogens (tertiary/aromatic N) is 1. The fourth-order valence-electron chi connectivity index (χ4n) is 1.94. The summed E-state index contributed by atoms with van der Waals surface area (Å²) in [6.07, 6.45) is -1.02. The summed E-state index contributed by atoms with van der Waals surface area (Å²) < 4.78 is 9.30. The molecule has 2 unspecified atom stereocenters. The summed E-state index contributed by atoms with van der Waals surface area (Å²) in [6, 6.07) is 6.68. The molecule has 0 saturated carbocycles. The molecule has 1 aliphatic rings. The van der Waals surface area contributed by atoms with Gasteiger partial charge in [0.15, 0.2) is 5.71 Å². The Morgan fingerprint density at radius 1 is 1.20 bits per heavy atom. The highest BCUT2D eigenvalue weighted by atomic mass is 35.5. The maximum atomic E-state index is 11.7. The zero-order valence-electron chi connectivity index (χ0n) is 10.8. The predicted molar refractivity (Wildman–Crippen MR) is 70.5 cm³/mol. The smallest absolute Gasteiger partial charge is 0.356 e. The van der Waals surface area contributed by atoms with Crippen LogP contribution in [0.5, 0.6) is 0 Å². The average Bonchev–Trinajstić information content (AvgIpc) is 2.91. The first kappa shape index (κ1) is 14.3. The maximum Gasteiger partial charge on any atom is 0.356 e. The van der Waals surface area contributed by atoms with Crippen LogP contribution in [-0.2, 0) is 23.9 Å². The summed E-state index contributed by atoms with van der Waals surface area (Å²) in [6.45, 7) is 0. The number of hydrogen-bond donors (Lipinski definition) is 0. The van der Waals surface area contributed by atoms with Crippen molar-refractivity contribution in [3.05, 3.63) is 34.9 Å². The average molecular weight is 298 g/mol. The van der Waals surface area contributed by atoms with E-state index in [-0.39, 0.29) is 5.71 Å². The van der Waals surface area contributed by atoms with Crippen LogP contribution in [0.3, 0.4) is 0 Å². The third-order valence-corrected chi connectivity index (χ3v) is 3.17. The Balaban J connectivity index is 2.39. The number of benzene rings is 1. The van der Waals surface area contributed by atoms with Crippen molar-refractivity contribution < 1.29 is 23.9 Å². The quantitative estimate of drug-likeness (QED) is 0.791. The molecule has 2 rings (SSSR count). The van der Waals surface area contributed by atoms with Crippen molar-refractivity contribution in [1.82, 2.24) is 0 Å². The highest BCUT2D eigenvalue weighted by Crippen LogP contribution is 2.31. The molecule has 2 atom stereocenters. The van der Waals surface area contributed by atoms with Crippen molar-refractivity contribution >= 4 is 29.3 Å². The normalized spacial score (nSPS) is 20.9. The number of oxime groups is 1. The molecule has 0 aromatic heterocycles. The lowest BCUT2D eigenvalue weighted by atomic mass is 9.89. The molecule has 1 aromatic carbocycles. The van der Waals surface area contributed by atoms with Gasteiger partial charge in [0.25, 0.3) is 0 Å². The molecule has 1 heterocycles. The molecule has 7 heteroatoms. The van der Waals surface area contributed by atoms with Crippen LogP contribution in [0.15, 0.2) is 29.4 Å². The van der Waals surface area contributed by atoms with Gasteiger partial charge >= 0.3 is 11.9 Å². The predicted octanol–water partition coefficient (Wildman–Crippen LogP) is 1.52. The van der Waals surface area contributed by atoms with Crippen LogP contribution in [-0.4, -0.2) is 38.0 Å². The summed E-state index contributed by atoms with van der Waals surface area (Å²) in [4.78, 5) is 28.5. The zero-order valence-corrected chi connectivity index (χ0v) is 11.6. The molecule has 0 fully saturated rings. The Hall–Kier alpha value is -2.08. The Labute approximate surface area is 120 Å². The van der Waals surface area contributed by atoms with Gasteiger partial charge in [-0.25, -0.2) is 9.59 Å². The Bertz CT molecular complexity index is 554. The summed E-state index contributed by atoms with van der Waals surface area (Å²) in [7, 11) is 2.47. The molecule has 6 nitrogen and oxygen atoms in total. The minimum Gasteiger partial charge on any atom is -0.466 e. The second kappa shape index (κ2) is 5.92. The highest BCUT2D eigenvalue weighted by Gasteiger charge is 2.44. The molecular formula is C13H12ClNO5. The largest absolute Gasteiger partial charge is 0.466 e. The molecule has 1 aliphatic heterocycles. The Morgan fingerprint density at radius 2 is 1.85 bits per heavy atom.